The smallest absolute Gasteiger partial charge is 0.0991 e. The fourth-order valence-electron chi connectivity index (χ4n) is 2.60. The van der Waals surface area contributed by atoms with Crippen molar-refractivity contribution in [1.82, 2.24) is 0 Å². The van der Waals surface area contributed by atoms with E-state index in [-0.39, 0.29) is 24.2 Å². The van der Waals surface area contributed by atoms with Crippen LogP contribution in [0.25, 0.3) is 0 Å². The van der Waals surface area contributed by atoms with Crippen LogP contribution < -0.4 is 5.32 Å². The van der Waals surface area contributed by atoms with E-state index in [1.807, 2.05) is 39.0 Å². The monoisotopic (exact) mass is 274 g/mol. The van der Waals surface area contributed by atoms with Crippen molar-refractivity contribution in [3.05, 3.63) is 29.3 Å². The van der Waals surface area contributed by atoms with Crippen LogP contribution in [-0.4, -0.2) is 24.4 Å². The Labute approximate surface area is 120 Å². The molecule has 1 aliphatic heterocycles. The van der Waals surface area contributed by atoms with Gasteiger partial charge in [0.15, 0.2) is 0 Å². The van der Waals surface area contributed by atoms with Crippen molar-refractivity contribution in [3.63, 3.8) is 0 Å². The molecule has 0 aliphatic carbocycles. The predicted octanol–water partition coefficient (Wildman–Crippen LogP) is 2.84. The number of nitrogens with one attached hydrogen (secondary N) is 1. The quantitative estimate of drug-likeness (QED) is 0.886. The number of hydrogen-bond donors (Lipinski definition) is 2. The molecule has 108 valence electrons. The summed E-state index contributed by atoms with van der Waals surface area (Å²) in [7, 11) is 0. The normalized spacial score (nSPS) is 21.8. The molecule has 2 N–H and O–H groups in total. The standard InChI is InChI=1S/C16H22N2O2/c1-4-20-14-8-15(16(2,3)10-19)18-13-6-5-11(9-17)7-12(13)14/h5-7,14-15,18-19H,4,8,10H2,1-3H3. The molecule has 0 bridgehead atoms. The lowest BCUT2D eigenvalue weighted by Crippen LogP contribution is -2.43. The number of benzene rings is 1. The number of aliphatic hydroxyl groups excluding tert-OH is 1. The van der Waals surface area contributed by atoms with Gasteiger partial charge in [0.1, 0.15) is 0 Å². The molecule has 0 saturated heterocycles. The van der Waals surface area contributed by atoms with Crippen LogP contribution in [0.3, 0.4) is 0 Å². The van der Waals surface area contributed by atoms with Gasteiger partial charge in [-0.05, 0) is 31.5 Å². The maximum absolute atomic E-state index is 9.57. The molecule has 1 aliphatic rings. The average molecular weight is 274 g/mol. The van der Waals surface area contributed by atoms with E-state index < -0.39 is 0 Å². The summed E-state index contributed by atoms with van der Waals surface area (Å²) >= 11 is 0. The number of nitrogens with zero attached hydrogens (tertiary/aromatic N) is 1. The minimum Gasteiger partial charge on any atom is -0.396 e. The van der Waals surface area contributed by atoms with Gasteiger partial charge >= 0.3 is 0 Å². The van der Waals surface area contributed by atoms with Crippen molar-refractivity contribution in [2.45, 2.75) is 39.3 Å². The van der Waals surface area contributed by atoms with Gasteiger partial charge in [-0.25, -0.2) is 0 Å². The van der Waals surface area contributed by atoms with E-state index in [0.29, 0.717) is 12.2 Å². The first-order valence-corrected chi connectivity index (χ1v) is 7.05. The van der Waals surface area contributed by atoms with Gasteiger partial charge in [0.2, 0.25) is 0 Å². The molecule has 0 fully saturated rings. The molecule has 1 heterocycles. The fraction of sp³-hybridized carbons (Fsp3) is 0.562. The van der Waals surface area contributed by atoms with Gasteiger partial charge in [-0.2, -0.15) is 5.26 Å². The minimum atomic E-state index is -0.221. The first-order valence-electron chi connectivity index (χ1n) is 7.05. The summed E-state index contributed by atoms with van der Waals surface area (Å²) < 4.78 is 5.85. The zero-order valence-corrected chi connectivity index (χ0v) is 12.3. The number of fused-ring (bicyclic) bond motifs is 1. The highest BCUT2D eigenvalue weighted by atomic mass is 16.5. The second kappa shape index (κ2) is 5.82. The summed E-state index contributed by atoms with van der Waals surface area (Å²) in [5.74, 6) is 0. The molecule has 1 aromatic carbocycles. The highest BCUT2D eigenvalue weighted by Crippen LogP contribution is 2.40. The van der Waals surface area contributed by atoms with Crippen molar-refractivity contribution >= 4 is 5.69 Å². The Kier molecular flexibility index (Phi) is 4.32. The summed E-state index contributed by atoms with van der Waals surface area (Å²) in [5, 5.41) is 22.1. The van der Waals surface area contributed by atoms with Crippen molar-refractivity contribution < 1.29 is 9.84 Å². The van der Waals surface area contributed by atoms with Crippen LogP contribution in [-0.2, 0) is 4.74 Å². The van der Waals surface area contributed by atoms with Gasteiger partial charge in [-0.15, -0.1) is 0 Å². The van der Waals surface area contributed by atoms with Crippen LogP contribution in [0.4, 0.5) is 5.69 Å². The Bertz CT molecular complexity index is 520. The number of nitriles is 1. The van der Waals surface area contributed by atoms with Crippen molar-refractivity contribution in [3.8, 4) is 6.07 Å². The molecular formula is C16H22N2O2. The largest absolute Gasteiger partial charge is 0.396 e. The van der Waals surface area contributed by atoms with Gasteiger partial charge in [0, 0.05) is 29.3 Å². The highest BCUT2D eigenvalue weighted by Gasteiger charge is 2.36. The summed E-state index contributed by atoms with van der Waals surface area (Å²) in [5.41, 5.74) is 2.47. The number of ether oxygens (including phenoxy) is 1. The molecule has 2 unspecified atom stereocenters. The van der Waals surface area contributed by atoms with E-state index in [0.717, 1.165) is 17.7 Å². The Balaban J connectivity index is 2.36. The lowest BCUT2D eigenvalue weighted by molar-refractivity contribution is 0.0301. The summed E-state index contributed by atoms with van der Waals surface area (Å²) in [6, 6.07) is 7.94. The fourth-order valence-corrected chi connectivity index (χ4v) is 2.60. The molecule has 2 atom stereocenters. The van der Waals surface area contributed by atoms with Crippen molar-refractivity contribution in [1.29, 1.82) is 5.26 Å². The summed E-state index contributed by atoms with van der Waals surface area (Å²) in [4.78, 5) is 0. The Morgan fingerprint density at radius 3 is 2.85 bits per heavy atom. The number of rotatable bonds is 4. The van der Waals surface area contributed by atoms with Crippen LogP contribution in [0.1, 0.15) is 44.4 Å². The maximum Gasteiger partial charge on any atom is 0.0991 e. The summed E-state index contributed by atoms with van der Waals surface area (Å²) in [6.45, 7) is 6.81. The SMILES string of the molecule is CCOC1CC(C(C)(C)CO)Nc2ccc(C#N)cc21. The van der Waals surface area contributed by atoms with E-state index >= 15 is 0 Å². The van der Waals surface area contributed by atoms with Gasteiger partial charge in [-0.3, -0.25) is 0 Å². The van der Waals surface area contributed by atoms with Gasteiger partial charge < -0.3 is 15.2 Å². The lowest BCUT2D eigenvalue weighted by atomic mass is 9.78. The van der Waals surface area contributed by atoms with Crippen molar-refractivity contribution in [2.75, 3.05) is 18.5 Å². The topological polar surface area (TPSA) is 65.3 Å². The number of aliphatic hydroxyl groups is 1. The zero-order chi connectivity index (χ0) is 14.8. The third kappa shape index (κ3) is 2.79. The maximum atomic E-state index is 9.57. The van der Waals surface area contributed by atoms with Crippen LogP contribution in [0.5, 0.6) is 0 Å². The Morgan fingerprint density at radius 2 is 2.25 bits per heavy atom. The van der Waals surface area contributed by atoms with E-state index in [4.69, 9.17) is 10.00 Å². The zero-order valence-electron chi connectivity index (χ0n) is 12.3. The average Bonchev–Trinajstić information content (AvgIpc) is 2.46. The van der Waals surface area contributed by atoms with E-state index in [2.05, 4.69) is 11.4 Å². The second-order valence-corrected chi connectivity index (χ2v) is 5.94. The molecule has 1 aromatic rings. The minimum absolute atomic E-state index is 0.0274. The highest BCUT2D eigenvalue weighted by molar-refractivity contribution is 5.58. The van der Waals surface area contributed by atoms with E-state index in [1.54, 1.807) is 0 Å². The lowest BCUT2D eigenvalue weighted by Gasteiger charge is -2.41. The first kappa shape index (κ1) is 14.8. The molecule has 0 radical (unpaired) electrons. The molecule has 0 amide bonds. The summed E-state index contributed by atoms with van der Waals surface area (Å²) in [6.07, 6.45) is 0.767. The molecule has 4 nitrogen and oxygen atoms in total. The van der Waals surface area contributed by atoms with Gasteiger partial charge in [-0.1, -0.05) is 13.8 Å². The van der Waals surface area contributed by atoms with Crippen LogP contribution in [0.15, 0.2) is 18.2 Å². The van der Waals surface area contributed by atoms with E-state index in [9.17, 15) is 5.11 Å². The first-order chi connectivity index (χ1) is 9.51. The van der Waals surface area contributed by atoms with Crippen LogP contribution in [0.2, 0.25) is 0 Å². The van der Waals surface area contributed by atoms with E-state index in [1.165, 1.54) is 0 Å². The molecular weight excluding hydrogens is 252 g/mol. The molecule has 0 aromatic heterocycles. The Hall–Kier alpha value is -1.57. The van der Waals surface area contributed by atoms with Crippen molar-refractivity contribution in [2.24, 2.45) is 5.41 Å². The Morgan fingerprint density at radius 1 is 1.50 bits per heavy atom. The predicted molar refractivity (Wildman–Crippen MR) is 78.4 cm³/mol. The third-order valence-corrected chi connectivity index (χ3v) is 4.03. The number of anilines is 1. The molecule has 2 rings (SSSR count). The van der Waals surface area contributed by atoms with Gasteiger partial charge in [0.05, 0.1) is 24.3 Å². The van der Waals surface area contributed by atoms with Crippen LogP contribution >= 0.6 is 0 Å². The van der Waals surface area contributed by atoms with Gasteiger partial charge in [0.25, 0.3) is 0 Å². The number of hydrogen-bond acceptors (Lipinski definition) is 4. The van der Waals surface area contributed by atoms with Crippen LogP contribution in [0, 0.1) is 16.7 Å². The second-order valence-electron chi connectivity index (χ2n) is 5.94. The molecule has 0 saturated carbocycles. The molecule has 20 heavy (non-hydrogen) atoms. The molecule has 0 spiro atoms. The molecule has 4 heteroatoms. The third-order valence-electron chi connectivity index (χ3n) is 4.03.